The Hall–Kier alpha value is -1.89. The number of imide groups is 1. The highest BCUT2D eigenvalue weighted by molar-refractivity contribution is 6.06. The van der Waals surface area contributed by atoms with E-state index in [9.17, 15) is 14.4 Å². The molecule has 5 rings (SSSR count). The number of urea groups is 1. The molecule has 5 aliphatic rings. The maximum atomic E-state index is 12.8. The summed E-state index contributed by atoms with van der Waals surface area (Å²) >= 11 is 0. The van der Waals surface area contributed by atoms with E-state index in [2.05, 4.69) is 17.5 Å². The van der Waals surface area contributed by atoms with Crippen LogP contribution in [0.5, 0.6) is 0 Å². The van der Waals surface area contributed by atoms with Crippen LogP contribution in [0, 0.1) is 23.7 Å². The van der Waals surface area contributed by atoms with Gasteiger partial charge in [-0.25, -0.2) is 4.79 Å². The minimum Gasteiger partial charge on any atom is -0.378 e. The smallest absolute Gasteiger partial charge is 0.319 e. The highest BCUT2D eigenvalue weighted by Gasteiger charge is 2.57. The van der Waals surface area contributed by atoms with Crippen molar-refractivity contribution in [1.29, 1.82) is 0 Å². The third-order valence-corrected chi connectivity index (χ3v) is 5.81. The van der Waals surface area contributed by atoms with Crippen LogP contribution < -0.4 is 5.32 Å². The Morgan fingerprint density at radius 2 is 1.67 bits per heavy atom. The van der Waals surface area contributed by atoms with Crippen molar-refractivity contribution in [3.8, 4) is 0 Å². The number of nitrogens with one attached hydrogen (secondary N) is 1. The topological polar surface area (TPSA) is 79.0 Å². The van der Waals surface area contributed by atoms with Gasteiger partial charge in [0.15, 0.2) is 0 Å². The molecule has 0 spiro atoms. The van der Waals surface area contributed by atoms with Crippen LogP contribution in [-0.2, 0) is 14.3 Å². The first kappa shape index (κ1) is 15.6. The Balaban J connectivity index is 1.47. The Labute approximate surface area is 141 Å². The number of fused-ring (bicyclic) bond motifs is 1. The van der Waals surface area contributed by atoms with Crippen molar-refractivity contribution in [2.75, 3.05) is 26.3 Å². The molecule has 2 heterocycles. The van der Waals surface area contributed by atoms with E-state index in [-0.39, 0.29) is 41.5 Å². The Morgan fingerprint density at radius 1 is 1.12 bits per heavy atom. The number of rotatable bonds is 2. The number of hydrogen-bond donors (Lipinski definition) is 1. The Kier molecular flexibility index (Phi) is 3.83. The second-order valence-electron chi connectivity index (χ2n) is 7.11. The van der Waals surface area contributed by atoms with Gasteiger partial charge in [0.25, 0.3) is 0 Å². The number of allylic oxidation sites excluding steroid dienone is 2. The molecule has 5 atom stereocenters. The molecule has 1 saturated carbocycles. The fourth-order valence-corrected chi connectivity index (χ4v) is 4.58. The highest BCUT2D eigenvalue weighted by Crippen LogP contribution is 2.49. The Bertz CT molecular complexity index is 567. The zero-order chi connectivity index (χ0) is 16.8. The number of hydrogen-bond acceptors (Lipinski definition) is 4. The highest BCUT2D eigenvalue weighted by atomic mass is 16.5. The SMILES string of the molecule is C[C@H](NC(=O)N1CCOCC1)N1C(=O)[C@H]2[C@H](C1=O)[C@H]1C=C[C@H]2CC1. The molecule has 1 N–H and O–H groups in total. The van der Waals surface area contributed by atoms with Crippen LogP contribution in [0.4, 0.5) is 4.79 Å². The van der Waals surface area contributed by atoms with Gasteiger partial charge in [0, 0.05) is 13.1 Å². The third-order valence-electron chi connectivity index (χ3n) is 5.81. The molecule has 24 heavy (non-hydrogen) atoms. The number of likely N-dealkylation sites (tertiary alicyclic amines) is 1. The van der Waals surface area contributed by atoms with Crippen LogP contribution in [0.2, 0.25) is 0 Å². The molecular formula is C17H23N3O4. The van der Waals surface area contributed by atoms with Crippen LogP contribution in [0.15, 0.2) is 12.2 Å². The summed E-state index contributed by atoms with van der Waals surface area (Å²) in [5, 5.41) is 2.81. The molecule has 0 unspecified atom stereocenters. The summed E-state index contributed by atoms with van der Waals surface area (Å²) in [7, 11) is 0. The zero-order valence-electron chi connectivity index (χ0n) is 13.8. The normalized spacial score (nSPS) is 36.0. The first-order chi connectivity index (χ1) is 11.6. The largest absolute Gasteiger partial charge is 0.378 e. The van der Waals surface area contributed by atoms with E-state index >= 15 is 0 Å². The van der Waals surface area contributed by atoms with Gasteiger partial charge in [-0.2, -0.15) is 0 Å². The van der Waals surface area contributed by atoms with Gasteiger partial charge in [-0.1, -0.05) is 12.2 Å². The Morgan fingerprint density at radius 3 is 2.17 bits per heavy atom. The number of morpholine rings is 1. The summed E-state index contributed by atoms with van der Waals surface area (Å²) in [6.07, 6.45) is 5.53. The molecule has 2 bridgehead atoms. The molecule has 0 aromatic rings. The number of amides is 4. The summed E-state index contributed by atoms with van der Waals surface area (Å²) in [6, 6.07) is -0.248. The van der Waals surface area contributed by atoms with Gasteiger partial charge < -0.3 is 15.0 Å². The second-order valence-corrected chi connectivity index (χ2v) is 7.11. The molecule has 0 aromatic heterocycles. The van der Waals surface area contributed by atoms with E-state index < -0.39 is 6.17 Å². The monoisotopic (exact) mass is 333 g/mol. The van der Waals surface area contributed by atoms with E-state index in [1.807, 2.05) is 0 Å². The van der Waals surface area contributed by atoms with Crippen molar-refractivity contribution in [1.82, 2.24) is 15.1 Å². The fourth-order valence-electron chi connectivity index (χ4n) is 4.58. The van der Waals surface area contributed by atoms with Crippen molar-refractivity contribution >= 4 is 17.8 Å². The zero-order valence-corrected chi connectivity index (χ0v) is 13.8. The average molecular weight is 333 g/mol. The van der Waals surface area contributed by atoms with Crippen molar-refractivity contribution in [3.05, 3.63) is 12.2 Å². The average Bonchev–Trinajstić information content (AvgIpc) is 2.90. The summed E-state index contributed by atoms with van der Waals surface area (Å²) in [6.45, 7) is 3.80. The number of nitrogens with zero attached hydrogens (tertiary/aromatic N) is 2. The van der Waals surface area contributed by atoms with E-state index in [4.69, 9.17) is 4.74 Å². The third kappa shape index (κ3) is 2.33. The molecule has 7 heteroatoms. The second kappa shape index (κ2) is 5.88. The molecule has 2 aliphatic heterocycles. The summed E-state index contributed by atoms with van der Waals surface area (Å²) < 4.78 is 5.24. The number of carbonyl (C=O) groups is 3. The van der Waals surface area contributed by atoms with Gasteiger partial charge in [-0.15, -0.1) is 0 Å². The van der Waals surface area contributed by atoms with E-state index in [0.717, 1.165) is 12.8 Å². The van der Waals surface area contributed by atoms with Crippen LogP contribution >= 0.6 is 0 Å². The molecule has 130 valence electrons. The maximum absolute atomic E-state index is 12.8. The lowest BCUT2D eigenvalue weighted by molar-refractivity contribution is -0.142. The van der Waals surface area contributed by atoms with Crippen molar-refractivity contribution in [3.63, 3.8) is 0 Å². The maximum Gasteiger partial charge on any atom is 0.319 e. The van der Waals surface area contributed by atoms with Crippen molar-refractivity contribution in [2.24, 2.45) is 23.7 Å². The minimum atomic E-state index is -0.620. The molecule has 3 aliphatic carbocycles. The van der Waals surface area contributed by atoms with Gasteiger partial charge in [0.2, 0.25) is 11.8 Å². The van der Waals surface area contributed by atoms with Crippen LogP contribution in [0.1, 0.15) is 19.8 Å². The molecule has 0 radical (unpaired) electrons. The lowest BCUT2D eigenvalue weighted by Crippen LogP contribution is -2.55. The van der Waals surface area contributed by atoms with Crippen LogP contribution in [-0.4, -0.2) is 60.1 Å². The van der Waals surface area contributed by atoms with Crippen LogP contribution in [0.25, 0.3) is 0 Å². The molecule has 4 amide bonds. The standard InChI is InChI=1S/C17H23N3O4/c1-10(18-17(23)19-6-8-24-9-7-19)20-15(21)13-11-2-3-12(5-4-11)14(13)16(20)22/h2-3,10-14H,4-9H2,1H3,(H,18,23)/t10-,11+,12+,13-,14-/m1/s1. The summed E-state index contributed by atoms with van der Waals surface area (Å²) in [5.74, 6) is -0.377. The molecule has 7 nitrogen and oxygen atoms in total. The number of carbonyl (C=O) groups excluding carboxylic acids is 3. The quantitative estimate of drug-likeness (QED) is 0.592. The molecule has 0 aromatic carbocycles. The van der Waals surface area contributed by atoms with Crippen LogP contribution in [0.3, 0.4) is 0 Å². The van der Waals surface area contributed by atoms with Gasteiger partial charge >= 0.3 is 6.03 Å². The first-order valence-corrected chi connectivity index (χ1v) is 8.76. The van der Waals surface area contributed by atoms with E-state index in [0.29, 0.717) is 26.3 Å². The summed E-state index contributed by atoms with van der Waals surface area (Å²) in [5.41, 5.74) is 0. The first-order valence-electron chi connectivity index (χ1n) is 8.76. The number of ether oxygens (including phenoxy) is 1. The van der Waals surface area contributed by atoms with E-state index in [1.165, 1.54) is 4.90 Å². The molecular weight excluding hydrogens is 310 g/mol. The van der Waals surface area contributed by atoms with Gasteiger partial charge in [-0.3, -0.25) is 14.5 Å². The molecule has 3 fully saturated rings. The lowest BCUT2D eigenvalue weighted by Gasteiger charge is -2.38. The predicted molar refractivity (Wildman–Crippen MR) is 84.6 cm³/mol. The van der Waals surface area contributed by atoms with Gasteiger partial charge in [0.1, 0.15) is 6.17 Å². The predicted octanol–water partition coefficient (Wildman–Crippen LogP) is 0.571. The summed E-state index contributed by atoms with van der Waals surface area (Å²) in [4.78, 5) is 40.9. The van der Waals surface area contributed by atoms with Crippen molar-refractivity contribution < 1.29 is 19.1 Å². The fraction of sp³-hybridized carbons (Fsp3) is 0.706. The van der Waals surface area contributed by atoms with Gasteiger partial charge in [-0.05, 0) is 31.6 Å². The van der Waals surface area contributed by atoms with Crippen molar-refractivity contribution in [2.45, 2.75) is 25.9 Å². The van der Waals surface area contributed by atoms with Gasteiger partial charge in [0.05, 0.1) is 25.0 Å². The molecule has 2 saturated heterocycles. The van der Waals surface area contributed by atoms with E-state index in [1.54, 1.807) is 11.8 Å². The minimum absolute atomic E-state index is 0.126. The lowest BCUT2D eigenvalue weighted by atomic mass is 9.63.